The molecular formula is C13H16N2O4S. The largest absolute Gasteiger partial charge is 0.497 e. The third-order valence-corrected chi connectivity index (χ3v) is 4.20. The summed E-state index contributed by atoms with van der Waals surface area (Å²) in [5.74, 6) is 0.718. The summed E-state index contributed by atoms with van der Waals surface area (Å²) in [6, 6.07) is 8.22. The van der Waals surface area contributed by atoms with Crippen LogP contribution in [0.25, 0.3) is 0 Å². The molecular weight excluding hydrogens is 280 g/mol. The van der Waals surface area contributed by atoms with Crippen molar-refractivity contribution >= 4 is 10.0 Å². The van der Waals surface area contributed by atoms with Crippen LogP contribution in [0.3, 0.4) is 0 Å². The fourth-order valence-electron chi connectivity index (χ4n) is 1.72. The number of sulfonamides is 1. The van der Waals surface area contributed by atoms with Crippen molar-refractivity contribution in [2.45, 2.75) is 11.4 Å². The Bertz CT molecular complexity index is 666. The van der Waals surface area contributed by atoms with Crippen LogP contribution in [-0.2, 0) is 16.6 Å². The summed E-state index contributed by atoms with van der Waals surface area (Å²) in [5, 5.41) is 0. The molecule has 1 heterocycles. The Morgan fingerprint density at radius 2 is 2.00 bits per heavy atom. The summed E-state index contributed by atoms with van der Waals surface area (Å²) >= 11 is 0. The average Bonchev–Trinajstić information content (AvgIpc) is 2.98. The third kappa shape index (κ3) is 3.12. The molecule has 0 aliphatic heterocycles. The van der Waals surface area contributed by atoms with Crippen molar-refractivity contribution in [1.82, 2.24) is 9.71 Å². The fraction of sp³-hybridized carbons (Fsp3) is 0.231. The van der Waals surface area contributed by atoms with Crippen molar-refractivity contribution < 1.29 is 17.9 Å². The van der Waals surface area contributed by atoms with Gasteiger partial charge in [0.25, 0.3) is 0 Å². The molecule has 0 aliphatic carbocycles. The van der Waals surface area contributed by atoms with Crippen molar-refractivity contribution in [2.75, 3.05) is 14.2 Å². The maximum absolute atomic E-state index is 12.3. The molecule has 0 amide bonds. The highest BCUT2D eigenvalue weighted by Crippen LogP contribution is 2.28. The normalized spacial score (nSPS) is 11.3. The molecule has 0 radical (unpaired) electrons. The minimum Gasteiger partial charge on any atom is -0.497 e. The molecule has 20 heavy (non-hydrogen) atoms. The monoisotopic (exact) mass is 296 g/mol. The number of hydrogen-bond donors (Lipinski definition) is 2. The van der Waals surface area contributed by atoms with Gasteiger partial charge in [-0.3, -0.25) is 0 Å². The number of methoxy groups -OCH3 is 2. The average molecular weight is 296 g/mol. The van der Waals surface area contributed by atoms with Crippen molar-refractivity contribution in [3.63, 3.8) is 0 Å². The zero-order chi connectivity index (χ0) is 14.6. The van der Waals surface area contributed by atoms with E-state index in [4.69, 9.17) is 9.47 Å². The molecule has 1 aromatic carbocycles. The van der Waals surface area contributed by atoms with E-state index < -0.39 is 10.0 Å². The van der Waals surface area contributed by atoms with Crippen LogP contribution in [-0.4, -0.2) is 27.6 Å². The lowest BCUT2D eigenvalue weighted by Gasteiger charge is -2.11. The van der Waals surface area contributed by atoms with Crippen molar-refractivity contribution in [3.8, 4) is 11.5 Å². The fourth-order valence-corrected chi connectivity index (χ4v) is 2.91. The summed E-state index contributed by atoms with van der Waals surface area (Å²) in [7, 11) is -0.788. The number of ether oxygens (including phenoxy) is 2. The predicted molar refractivity (Wildman–Crippen MR) is 74.4 cm³/mol. The van der Waals surface area contributed by atoms with Gasteiger partial charge >= 0.3 is 0 Å². The number of H-pyrrole nitrogens is 1. The zero-order valence-corrected chi connectivity index (χ0v) is 12.0. The Balaban J connectivity index is 2.28. The Morgan fingerprint density at radius 1 is 1.20 bits per heavy atom. The van der Waals surface area contributed by atoms with Crippen LogP contribution in [0, 0.1) is 0 Å². The van der Waals surface area contributed by atoms with Gasteiger partial charge in [0.1, 0.15) is 16.4 Å². The number of hydrogen-bond acceptors (Lipinski definition) is 4. The SMILES string of the molecule is COc1ccc(OC)c(S(=O)(=O)NCc2ccc[nH]2)c1. The zero-order valence-electron chi connectivity index (χ0n) is 11.2. The summed E-state index contributed by atoms with van der Waals surface area (Å²) in [6.45, 7) is 0.176. The lowest BCUT2D eigenvalue weighted by molar-refractivity contribution is 0.392. The van der Waals surface area contributed by atoms with Gasteiger partial charge in [0.15, 0.2) is 0 Å². The van der Waals surface area contributed by atoms with E-state index >= 15 is 0 Å². The minimum atomic E-state index is -3.69. The summed E-state index contributed by atoms with van der Waals surface area (Å²) in [5.41, 5.74) is 0.774. The number of benzene rings is 1. The van der Waals surface area contributed by atoms with Gasteiger partial charge < -0.3 is 14.5 Å². The first-order valence-electron chi connectivity index (χ1n) is 5.91. The molecule has 0 spiro atoms. The van der Waals surface area contributed by atoms with E-state index in [-0.39, 0.29) is 17.2 Å². The van der Waals surface area contributed by atoms with E-state index in [1.165, 1.54) is 20.3 Å². The standard InChI is InChI=1S/C13H16N2O4S/c1-18-11-5-6-12(19-2)13(8-11)20(16,17)15-9-10-4-3-7-14-10/h3-8,14-15H,9H2,1-2H3. The maximum Gasteiger partial charge on any atom is 0.244 e. The second-order valence-electron chi connectivity index (χ2n) is 4.04. The van der Waals surface area contributed by atoms with Gasteiger partial charge in [-0.15, -0.1) is 0 Å². The van der Waals surface area contributed by atoms with Gasteiger partial charge in [-0.25, -0.2) is 13.1 Å². The van der Waals surface area contributed by atoms with Crippen molar-refractivity contribution in [1.29, 1.82) is 0 Å². The molecule has 1 aromatic heterocycles. The van der Waals surface area contributed by atoms with E-state index in [2.05, 4.69) is 9.71 Å². The first-order valence-corrected chi connectivity index (χ1v) is 7.39. The van der Waals surface area contributed by atoms with E-state index in [9.17, 15) is 8.42 Å². The van der Waals surface area contributed by atoms with E-state index in [0.717, 1.165) is 5.69 Å². The molecule has 0 aliphatic rings. The number of nitrogens with one attached hydrogen (secondary N) is 2. The summed E-state index contributed by atoms with van der Waals surface area (Å²) in [6.07, 6.45) is 1.73. The summed E-state index contributed by atoms with van der Waals surface area (Å²) in [4.78, 5) is 2.98. The topological polar surface area (TPSA) is 80.4 Å². The Hall–Kier alpha value is -1.99. The third-order valence-electron chi connectivity index (χ3n) is 2.78. The Kier molecular flexibility index (Phi) is 4.31. The van der Waals surface area contributed by atoms with E-state index in [1.54, 1.807) is 30.5 Å². The van der Waals surface area contributed by atoms with Gasteiger partial charge in [0, 0.05) is 18.0 Å². The lowest BCUT2D eigenvalue weighted by atomic mass is 10.3. The van der Waals surface area contributed by atoms with Crippen LogP contribution in [0.4, 0.5) is 0 Å². The van der Waals surface area contributed by atoms with Crippen molar-refractivity contribution in [3.05, 3.63) is 42.2 Å². The maximum atomic E-state index is 12.3. The highest BCUT2D eigenvalue weighted by molar-refractivity contribution is 7.89. The van der Waals surface area contributed by atoms with Crippen LogP contribution >= 0.6 is 0 Å². The molecule has 0 unspecified atom stereocenters. The first-order chi connectivity index (χ1) is 9.56. The molecule has 0 fully saturated rings. The van der Waals surface area contributed by atoms with E-state index in [1.807, 2.05) is 0 Å². The molecule has 2 rings (SSSR count). The van der Waals surface area contributed by atoms with Crippen LogP contribution in [0.2, 0.25) is 0 Å². The summed E-state index contributed by atoms with van der Waals surface area (Å²) < 4.78 is 37.3. The number of aromatic amines is 1. The van der Waals surface area contributed by atoms with E-state index in [0.29, 0.717) is 5.75 Å². The van der Waals surface area contributed by atoms with Crippen LogP contribution in [0.5, 0.6) is 11.5 Å². The van der Waals surface area contributed by atoms with Gasteiger partial charge in [0.2, 0.25) is 10.0 Å². The molecule has 0 bridgehead atoms. The second-order valence-corrected chi connectivity index (χ2v) is 5.77. The number of aromatic nitrogens is 1. The lowest BCUT2D eigenvalue weighted by Crippen LogP contribution is -2.24. The van der Waals surface area contributed by atoms with Crippen LogP contribution in [0.15, 0.2) is 41.4 Å². The van der Waals surface area contributed by atoms with Gasteiger partial charge in [-0.05, 0) is 24.3 Å². The van der Waals surface area contributed by atoms with Crippen molar-refractivity contribution in [2.24, 2.45) is 0 Å². The second kappa shape index (κ2) is 5.98. The smallest absolute Gasteiger partial charge is 0.244 e. The van der Waals surface area contributed by atoms with Gasteiger partial charge in [-0.2, -0.15) is 0 Å². The van der Waals surface area contributed by atoms with Crippen LogP contribution < -0.4 is 14.2 Å². The molecule has 0 atom stereocenters. The quantitative estimate of drug-likeness (QED) is 0.846. The Morgan fingerprint density at radius 3 is 2.60 bits per heavy atom. The molecule has 2 aromatic rings. The molecule has 6 nitrogen and oxygen atoms in total. The first kappa shape index (κ1) is 14.4. The van der Waals surface area contributed by atoms with Crippen LogP contribution in [0.1, 0.15) is 5.69 Å². The highest BCUT2D eigenvalue weighted by atomic mass is 32.2. The molecule has 0 saturated heterocycles. The Labute approximate surface area is 117 Å². The molecule has 7 heteroatoms. The van der Waals surface area contributed by atoms with Gasteiger partial charge in [-0.1, -0.05) is 0 Å². The highest BCUT2D eigenvalue weighted by Gasteiger charge is 2.20. The number of rotatable bonds is 6. The minimum absolute atomic E-state index is 0.0471. The molecule has 2 N–H and O–H groups in total. The van der Waals surface area contributed by atoms with Gasteiger partial charge in [0.05, 0.1) is 20.8 Å². The predicted octanol–water partition coefficient (Wildman–Crippen LogP) is 1.51. The molecule has 108 valence electrons. The molecule has 0 saturated carbocycles.